The lowest BCUT2D eigenvalue weighted by Crippen LogP contribution is -2.40. The molecule has 20 heavy (non-hydrogen) atoms. The summed E-state index contributed by atoms with van der Waals surface area (Å²) in [6.07, 6.45) is 0. The highest BCUT2D eigenvalue weighted by molar-refractivity contribution is 5.33. The van der Waals surface area contributed by atoms with Crippen LogP contribution in [0.1, 0.15) is 25.0 Å². The lowest BCUT2D eigenvalue weighted by molar-refractivity contribution is 0.0384. The van der Waals surface area contributed by atoms with Gasteiger partial charge in [0.25, 0.3) is 0 Å². The van der Waals surface area contributed by atoms with Gasteiger partial charge in [-0.25, -0.2) is 4.39 Å². The Balaban J connectivity index is 1.75. The van der Waals surface area contributed by atoms with Gasteiger partial charge >= 0.3 is 0 Å². The second-order valence-electron chi connectivity index (χ2n) is 5.48. The maximum Gasteiger partial charge on any atom is 0.123 e. The molecule has 1 aliphatic heterocycles. The van der Waals surface area contributed by atoms with Crippen LogP contribution in [0.3, 0.4) is 0 Å². The zero-order valence-corrected chi connectivity index (χ0v) is 12.4. The van der Waals surface area contributed by atoms with Gasteiger partial charge in [0.2, 0.25) is 0 Å². The van der Waals surface area contributed by atoms with Gasteiger partial charge < -0.3 is 10.1 Å². The summed E-state index contributed by atoms with van der Waals surface area (Å²) < 4.78 is 18.8. The second kappa shape index (κ2) is 7.72. The molecule has 0 aliphatic carbocycles. The molecule has 111 valence electrons. The molecular formula is C16H24FN2O. The number of benzene rings is 1. The molecule has 1 aliphatic rings. The summed E-state index contributed by atoms with van der Waals surface area (Å²) in [5.41, 5.74) is 1.98. The molecule has 0 saturated carbocycles. The summed E-state index contributed by atoms with van der Waals surface area (Å²) >= 11 is 0. The Morgan fingerprint density at radius 1 is 1.25 bits per heavy atom. The Morgan fingerprint density at radius 3 is 2.70 bits per heavy atom. The van der Waals surface area contributed by atoms with Crippen molar-refractivity contribution in [3.05, 3.63) is 41.1 Å². The van der Waals surface area contributed by atoms with Crippen molar-refractivity contribution in [1.82, 2.24) is 10.2 Å². The molecule has 0 unspecified atom stereocenters. The van der Waals surface area contributed by atoms with Gasteiger partial charge in [-0.2, -0.15) is 0 Å². The molecule has 0 spiro atoms. The topological polar surface area (TPSA) is 24.5 Å². The van der Waals surface area contributed by atoms with Crippen molar-refractivity contribution in [3.63, 3.8) is 0 Å². The second-order valence-corrected chi connectivity index (χ2v) is 5.48. The molecule has 1 radical (unpaired) electrons. The van der Waals surface area contributed by atoms with Gasteiger partial charge in [0.1, 0.15) is 5.82 Å². The van der Waals surface area contributed by atoms with E-state index in [1.165, 1.54) is 0 Å². The van der Waals surface area contributed by atoms with Gasteiger partial charge in [-0.15, -0.1) is 0 Å². The molecule has 1 fully saturated rings. The van der Waals surface area contributed by atoms with Crippen molar-refractivity contribution >= 4 is 0 Å². The van der Waals surface area contributed by atoms with Crippen LogP contribution in [-0.4, -0.2) is 44.3 Å². The van der Waals surface area contributed by atoms with E-state index in [9.17, 15) is 4.39 Å². The van der Waals surface area contributed by atoms with Gasteiger partial charge in [-0.1, -0.05) is 19.9 Å². The Bertz CT molecular complexity index is 417. The molecule has 4 heteroatoms. The Morgan fingerprint density at radius 2 is 2.00 bits per heavy atom. The SMILES string of the molecule is C[C](C)c1cc(F)cc(CNCCN2CCOCC2)c1. The van der Waals surface area contributed by atoms with Crippen LogP contribution in [0.4, 0.5) is 4.39 Å². The summed E-state index contributed by atoms with van der Waals surface area (Å²) in [5.74, 6) is 0.979. The normalized spacial score (nSPS) is 16.8. The molecule has 0 bridgehead atoms. The molecule has 1 N–H and O–H groups in total. The smallest absolute Gasteiger partial charge is 0.123 e. The van der Waals surface area contributed by atoms with E-state index < -0.39 is 0 Å². The predicted octanol–water partition coefficient (Wildman–Crippen LogP) is 2.21. The van der Waals surface area contributed by atoms with Gasteiger partial charge in [0.05, 0.1) is 13.2 Å². The monoisotopic (exact) mass is 279 g/mol. The zero-order chi connectivity index (χ0) is 14.4. The Labute approximate surface area is 121 Å². The van der Waals surface area contributed by atoms with Crippen LogP contribution in [-0.2, 0) is 11.3 Å². The van der Waals surface area contributed by atoms with Crippen molar-refractivity contribution in [2.45, 2.75) is 20.4 Å². The average Bonchev–Trinajstić information content (AvgIpc) is 2.44. The summed E-state index contributed by atoms with van der Waals surface area (Å²) in [5, 5.41) is 3.38. The molecule has 1 saturated heterocycles. The van der Waals surface area contributed by atoms with E-state index >= 15 is 0 Å². The fourth-order valence-electron chi connectivity index (χ4n) is 2.34. The van der Waals surface area contributed by atoms with Crippen LogP contribution >= 0.6 is 0 Å². The number of ether oxygens (including phenoxy) is 1. The lowest BCUT2D eigenvalue weighted by Gasteiger charge is -2.26. The summed E-state index contributed by atoms with van der Waals surface area (Å²) in [4.78, 5) is 2.39. The number of hydrogen-bond acceptors (Lipinski definition) is 3. The maximum absolute atomic E-state index is 13.5. The van der Waals surface area contributed by atoms with Crippen LogP contribution in [0.25, 0.3) is 0 Å². The van der Waals surface area contributed by atoms with Crippen LogP contribution in [0.15, 0.2) is 18.2 Å². The minimum Gasteiger partial charge on any atom is -0.379 e. The third kappa shape index (κ3) is 4.85. The van der Waals surface area contributed by atoms with Crippen molar-refractivity contribution in [1.29, 1.82) is 0 Å². The fraction of sp³-hybridized carbons (Fsp3) is 0.562. The van der Waals surface area contributed by atoms with Crippen molar-refractivity contribution < 1.29 is 9.13 Å². The zero-order valence-electron chi connectivity index (χ0n) is 12.4. The largest absolute Gasteiger partial charge is 0.379 e. The van der Waals surface area contributed by atoms with Gasteiger partial charge in [-0.3, -0.25) is 4.90 Å². The molecule has 2 rings (SSSR count). The van der Waals surface area contributed by atoms with E-state index in [0.29, 0.717) is 6.54 Å². The van der Waals surface area contributed by atoms with E-state index in [2.05, 4.69) is 16.3 Å². The fourth-order valence-corrected chi connectivity index (χ4v) is 2.34. The number of rotatable bonds is 6. The van der Waals surface area contributed by atoms with E-state index in [0.717, 1.165) is 56.4 Å². The van der Waals surface area contributed by atoms with Crippen molar-refractivity contribution in [2.24, 2.45) is 0 Å². The van der Waals surface area contributed by atoms with E-state index in [1.54, 1.807) is 12.1 Å². The van der Waals surface area contributed by atoms with Crippen LogP contribution in [0.2, 0.25) is 0 Å². The highest BCUT2D eigenvalue weighted by Gasteiger charge is 2.09. The first-order valence-corrected chi connectivity index (χ1v) is 7.26. The molecule has 0 atom stereocenters. The highest BCUT2D eigenvalue weighted by atomic mass is 19.1. The molecule has 1 aromatic rings. The summed E-state index contributed by atoms with van der Waals surface area (Å²) in [7, 11) is 0. The molecule has 1 heterocycles. The van der Waals surface area contributed by atoms with Gasteiger partial charge in [-0.05, 0) is 29.2 Å². The number of nitrogens with one attached hydrogen (secondary N) is 1. The van der Waals surface area contributed by atoms with Gasteiger partial charge in [0, 0.05) is 32.7 Å². The maximum atomic E-state index is 13.5. The van der Waals surface area contributed by atoms with Crippen LogP contribution < -0.4 is 5.32 Å². The minimum absolute atomic E-state index is 0.159. The highest BCUT2D eigenvalue weighted by Crippen LogP contribution is 2.17. The lowest BCUT2D eigenvalue weighted by atomic mass is 10.0. The number of halogens is 1. The molecule has 3 nitrogen and oxygen atoms in total. The third-order valence-electron chi connectivity index (χ3n) is 3.57. The van der Waals surface area contributed by atoms with Crippen molar-refractivity contribution in [2.75, 3.05) is 39.4 Å². The van der Waals surface area contributed by atoms with E-state index in [1.807, 2.05) is 13.8 Å². The summed E-state index contributed by atoms with van der Waals surface area (Å²) in [6.45, 7) is 10.3. The van der Waals surface area contributed by atoms with E-state index in [-0.39, 0.29) is 5.82 Å². The minimum atomic E-state index is -0.159. The number of nitrogens with zero attached hydrogens (tertiary/aromatic N) is 1. The first-order chi connectivity index (χ1) is 9.65. The standard InChI is InChI=1S/C16H24FN2O/c1-13(2)15-9-14(10-16(17)11-15)12-18-3-4-19-5-7-20-8-6-19/h9-11,18H,3-8,12H2,1-2H3. The van der Waals surface area contributed by atoms with Crippen molar-refractivity contribution in [3.8, 4) is 0 Å². The van der Waals surface area contributed by atoms with E-state index in [4.69, 9.17) is 4.74 Å². The first kappa shape index (κ1) is 15.4. The third-order valence-corrected chi connectivity index (χ3v) is 3.57. The summed E-state index contributed by atoms with van der Waals surface area (Å²) in [6, 6.07) is 5.25. The van der Waals surface area contributed by atoms with Gasteiger partial charge in [0.15, 0.2) is 0 Å². The number of hydrogen-bond donors (Lipinski definition) is 1. The van der Waals surface area contributed by atoms with Crippen LogP contribution in [0, 0.1) is 11.7 Å². The average molecular weight is 279 g/mol. The molecular weight excluding hydrogens is 255 g/mol. The quantitative estimate of drug-likeness (QED) is 0.808. The molecule has 1 aromatic carbocycles. The number of morpholine rings is 1. The predicted molar refractivity (Wildman–Crippen MR) is 79.1 cm³/mol. The van der Waals surface area contributed by atoms with Crippen LogP contribution in [0.5, 0.6) is 0 Å². The Kier molecular flexibility index (Phi) is 5.95. The molecule has 0 aromatic heterocycles. The first-order valence-electron chi connectivity index (χ1n) is 7.26. The molecule has 0 amide bonds. The Hall–Kier alpha value is -0.970.